The van der Waals surface area contributed by atoms with Crippen molar-refractivity contribution in [2.45, 2.75) is 0 Å². The molecule has 16 aromatic rings. The minimum atomic E-state index is 0.626. The molecule has 16 aromatic carbocycles. The highest BCUT2D eigenvalue weighted by Crippen LogP contribution is 2.58. The van der Waals surface area contributed by atoms with Crippen molar-refractivity contribution in [1.82, 2.24) is 0 Å². The Kier molecular flexibility index (Phi) is 7.12. The largest absolute Gasteiger partial charge is 0.192 e. The molecule has 0 amide bonds. The van der Waals surface area contributed by atoms with E-state index in [9.17, 15) is 10.5 Å². The lowest BCUT2D eigenvalue weighted by molar-refractivity contribution is 1.48. The summed E-state index contributed by atoms with van der Waals surface area (Å²) in [6.07, 6.45) is 0. The zero-order valence-corrected chi connectivity index (χ0v) is 38.5. The van der Waals surface area contributed by atoms with Crippen LogP contribution in [0.4, 0.5) is 0 Å². The van der Waals surface area contributed by atoms with E-state index >= 15 is 0 Å². The first-order valence-electron chi connectivity index (χ1n) is 24.7. The molecule has 0 spiro atoms. The topological polar surface area (TPSA) is 47.6 Å². The number of rotatable bonds is 3. The fourth-order valence-corrected chi connectivity index (χ4v) is 13.9. The van der Waals surface area contributed by atoms with Crippen molar-refractivity contribution >= 4 is 118 Å². The highest BCUT2D eigenvalue weighted by molar-refractivity contribution is 6.51. The van der Waals surface area contributed by atoms with Gasteiger partial charge in [0.1, 0.15) is 0 Å². The number of benzene rings is 14. The molecule has 0 unspecified atom stereocenters. The lowest BCUT2D eigenvalue weighted by atomic mass is 9.83. The lowest BCUT2D eigenvalue weighted by Crippen LogP contribution is -1.93. The fraction of sp³-hybridized carbons (Fsp3) is 0. The molecule has 0 aromatic heterocycles. The summed E-state index contributed by atoms with van der Waals surface area (Å²) in [5, 5.41) is 48.3. The average molecular weight is 903 g/mol. The molecular formula is C70H34N2. The monoisotopic (exact) mass is 902 g/mol. The molecule has 0 aliphatic heterocycles. The molecule has 17 rings (SSSR count). The second-order valence-corrected chi connectivity index (χ2v) is 19.9. The molecule has 0 heterocycles. The molecule has 0 saturated heterocycles. The summed E-state index contributed by atoms with van der Waals surface area (Å²) in [4.78, 5) is 0. The van der Waals surface area contributed by atoms with Crippen LogP contribution in [0.5, 0.6) is 0 Å². The van der Waals surface area contributed by atoms with E-state index in [0.717, 1.165) is 43.8 Å². The summed E-state index contributed by atoms with van der Waals surface area (Å²) in [6, 6.07) is 80.4. The summed E-state index contributed by atoms with van der Waals surface area (Å²) in [5.41, 5.74) is 12.9. The molecule has 0 saturated carbocycles. The Morgan fingerprint density at radius 1 is 0.208 bits per heavy atom. The Balaban J connectivity index is 0.994. The summed E-state index contributed by atoms with van der Waals surface area (Å²) in [6.45, 7) is 0. The number of nitrogens with zero attached hydrogens (tertiary/aromatic N) is 2. The van der Waals surface area contributed by atoms with E-state index in [1.165, 1.54) is 130 Å². The molecule has 2 nitrogen and oxygen atoms in total. The van der Waals surface area contributed by atoms with Crippen LogP contribution >= 0.6 is 0 Å². The smallest absolute Gasteiger partial charge is 0.0991 e. The second kappa shape index (κ2) is 13.5. The Morgan fingerprint density at radius 3 is 1.19 bits per heavy atom. The predicted octanol–water partition coefficient (Wildman–Crippen LogP) is 19.1. The maximum atomic E-state index is 10.1. The van der Waals surface area contributed by atoms with Gasteiger partial charge >= 0.3 is 0 Å². The van der Waals surface area contributed by atoms with Gasteiger partial charge in [0.15, 0.2) is 0 Å². The Hall–Kier alpha value is -9.86. The van der Waals surface area contributed by atoms with Gasteiger partial charge in [0.05, 0.1) is 23.3 Å². The van der Waals surface area contributed by atoms with Crippen molar-refractivity contribution in [2.24, 2.45) is 0 Å². The standard InChI is InChI=1S/C70H34N2/c71-35-37-11-8-15-40(31-37)60-45-19-6-7-20-46(45)61(41-16-9-12-38(32-41)36-72)59-34-57-52-26-24-48-50-28-30-55-67-54(29-27-49(64(50)67)47-23-25-51(65(52)63(47)48)56(57)33-58(59)60)69-62(39-13-2-1-3-14-39)53-22-10-21-43-42-17-4-5-18-44(42)68(66(43)53)70(55)69/h1-34H. The predicted molar refractivity (Wildman–Crippen MR) is 303 cm³/mol. The molecule has 0 N–H and O–H groups in total. The van der Waals surface area contributed by atoms with Gasteiger partial charge < -0.3 is 0 Å². The number of hydrogen-bond donors (Lipinski definition) is 0. The van der Waals surface area contributed by atoms with Crippen LogP contribution < -0.4 is 0 Å². The van der Waals surface area contributed by atoms with Gasteiger partial charge in [-0.3, -0.25) is 0 Å². The van der Waals surface area contributed by atoms with E-state index in [4.69, 9.17) is 0 Å². The van der Waals surface area contributed by atoms with Crippen molar-refractivity contribution in [3.63, 3.8) is 0 Å². The molecule has 0 bridgehead atoms. The summed E-state index contributed by atoms with van der Waals surface area (Å²) < 4.78 is 0. The van der Waals surface area contributed by atoms with Gasteiger partial charge in [-0.2, -0.15) is 10.5 Å². The third-order valence-electron chi connectivity index (χ3n) is 16.6. The summed E-state index contributed by atoms with van der Waals surface area (Å²) >= 11 is 0. The number of nitriles is 2. The van der Waals surface area contributed by atoms with Crippen LogP contribution in [0.2, 0.25) is 0 Å². The Morgan fingerprint density at radius 2 is 0.597 bits per heavy atom. The highest BCUT2D eigenvalue weighted by Gasteiger charge is 2.30. The Labute approximate surface area is 412 Å². The van der Waals surface area contributed by atoms with Crippen LogP contribution in [-0.4, -0.2) is 0 Å². The molecule has 1 aliphatic rings. The van der Waals surface area contributed by atoms with E-state index in [-0.39, 0.29) is 0 Å². The first-order chi connectivity index (χ1) is 35.7. The van der Waals surface area contributed by atoms with Gasteiger partial charge in [-0.25, -0.2) is 0 Å². The van der Waals surface area contributed by atoms with Gasteiger partial charge in [-0.05, 0) is 211 Å². The molecule has 0 radical (unpaired) electrons. The van der Waals surface area contributed by atoms with E-state index < -0.39 is 0 Å². The normalized spacial score (nSPS) is 12.4. The van der Waals surface area contributed by atoms with Crippen molar-refractivity contribution in [3.8, 4) is 67.8 Å². The van der Waals surface area contributed by atoms with E-state index in [1.807, 2.05) is 36.4 Å². The highest BCUT2D eigenvalue weighted by atomic mass is 14.3. The lowest BCUT2D eigenvalue weighted by Gasteiger charge is -2.19. The molecule has 72 heavy (non-hydrogen) atoms. The van der Waals surface area contributed by atoms with Gasteiger partial charge in [0.2, 0.25) is 0 Å². The van der Waals surface area contributed by atoms with E-state index in [1.54, 1.807) is 0 Å². The molecule has 0 fully saturated rings. The number of fused-ring (bicyclic) bond motifs is 14. The Bertz CT molecular complexity index is 5040. The average Bonchev–Trinajstić information content (AvgIpc) is 4.07. The second-order valence-electron chi connectivity index (χ2n) is 19.9. The van der Waals surface area contributed by atoms with Crippen LogP contribution in [0, 0.1) is 22.7 Å². The quantitative estimate of drug-likeness (QED) is 0.131. The van der Waals surface area contributed by atoms with Gasteiger partial charge in [0, 0.05) is 0 Å². The van der Waals surface area contributed by atoms with Crippen LogP contribution in [0.15, 0.2) is 206 Å². The fourth-order valence-electron chi connectivity index (χ4n) is 13.9. The van der Waals surface area contributed by atoms with Crippen molar-refractivity contribution in [1.29, 1.82) is 10.5 Å². The minimum absolute atomic E-state index is 0.626. The zero-order valence-electron chi connectivity index (χ0n) is 38.5. The van der Waals surface area contributed by atoms with Crippen LogP contribution in [0.3, 0.4) is 0 Å². The van der Waals surface area contributed by atoms with Crippen molar-refractivity contribution < 1.29 is 0 Å². The number of hydrogen-bond acceptors (Lipinski definition) is 2. The van der Waals surface area contributed by atoms with Gasteiger partial charge in [0.25, 0.3) is 0 Å². The van der Waals surface area contributed by atoms with Crippen molar-refractivity contribution in [3.05, 3.63) is 217 Å². The molecule has 2 heteroatoms. The first kappa shape index (κ1) is 38.0. The maximum Gasteiger partial charge on any atom is 0.0991 e. The SMILES string of the molecule is N#Cc1cccc(-c2c3ccccc3c(-c3cccc(C#N)c3)c3cc4c(cc23)-c2ccc3c5ccc6c7c(-c8ccccc8)c8cccc9c%10ccccc%10c(c89)c7c7ccc(c8ccc-4c2c38)c5c67)c1. The van der Waals surface area contributed by atoms with Gasteiger partial charge in [-0.1, -0.05) is 170 Å². The minimum Gasteiger partial charge on any atom is -0.192 e. The first-order valence-corrected chi connectivity index (χ1v) is 24.7. The maximum absolute atomic E-state index is 10.1. The molecular weight excluding hydrogens is 869 g/mol. The molecule has 324 valence electrons. The zero-order chi connectivity index (χ0) is 47.1. The van der Waals surface area contributed by atoms with Gasteiger partial charge in [-0.15, -0.1) is 0 Å². The van der Waals surface area contributed by atoms with E-state index in [0.29, 0.717) is 11.1 Å². The molecule has 0 atom stereocenters. The summed E-state index contributed by atoms with van der Waals surface area (Å²) in [5.74, 6) is 0. The van der Waals surface area contributed by atoms with Crippen LogP contribution in [-0.2, 0) is 0 Å². The summed E-state index contributed by atoms with van der Waals surface area (Å²) in [7, 11) is 0. The van der Waals surface area contributed by atoms with E-state index in [2.05, 4.69) is 182 Å². The van der Waals surface area contributed by atoms with Crippen molar-refractivity contribution in [2.75, 3.05) is 0 Å². The molecule has 1 aliphatic carbocycles. The third kappa shape index (κ3) is 4.59. The third-order valence-corrected chi connectivity index (χ3v) is 16.6. The van der Waals surface area contributed by atoms with Crippen LogP contribution in [0.25, 0.3) is 174 Å². The van der Waals surface area contributed by atoms with Crippen LogP contribution in [0.1, 0.15) is 11.1 Å².